The molecule has 90 valence electrons. The van der Waals surface area contributed by atoms with Crippen LogP contribution in [0.5, 0.6) is 0 Å². The first-order valence-electron chi connectivity index (χ1n) is 5.86. The predicted molar refractivity (Wildman–Crippen MR) is 63.3 cm³/mol. The minimum atomic E-state index is 0.635. The number of nitrogens with zero attached hydrogens (tertiary/aromatic N) is 2. The molecule has 0 aromatic rings. The quantitative estimate of drug-likeness (QED) is 0.624. The van der Waals surface area contributed by atoms with Gasteiger partial charge in [0, 0.05) is 52.4 Å². The molecule has 0 aromatic heterocycles. The summed E-state index contributed by atoms with van der Waals surface area (Å²) in [5.41, 5.74) is 0. The normalized spacial score (nSPS) is 21.8. The van der Waals surface area contributed by atoms with Crippen molar-refractivity contribution in [3.05, 3.63) is 0 Å². The Bertz CT molecular complexity index is 158. The molecule has 15 heavy (non-hydrogen) atoms. The van der Waals surface area contributed by atoms with Gasteiger partial charge in [0.25, 0.3) is 0 Å². The van der Waals surface area contributed by atoms with Crippen LogP contribution >= 0.6 is 0 Å². The molecule has 0 amide bonds. The highest BCUT2D eigenvalue weighted by Gasteiger charge is 2.18. The summed E-state index contributed by atoms with van der Waals surface area (Å²) in [5.74, 6) is 0. The summed E-state index contributed by atoms with van der Waals surface area (Å²) in [4.78, 5) is 4.95. The molecular weight excluding hydrogens is 190 g/mol. The number of hydrogen-bond acceptors (Lipinski definition) is 4. The largest absolute Gasteiger partial charge is 0.383 e. The first-order chi connectivity index (χ1) is 7.24. The van der Waals surface area contributed by atoms with Gasteiger partial charge in [-0.3, -0.25) is 4.90 Å². The molecule has 1 N–H and O–H groups in total. The van der Waals surface area contributed by atoms with Crippen molar-refractivity contribution in [1.29, 1.82) is 0 Å². The van der Waals surface area contributed by atoms with Crippen LogP contribution in [-0.4, -0.2) is 75.9 Å². The summed E-state index contributed by atoms with van der Waals surface area (Å²) in [6.45, 7) is 9.90. The molecular formula is C11H25N3O. The van der Waals surface area contributed by atoms with Crippen LogP contribution in [0.4, 0.5) is 0 Å². The number of nitrogens with one attached hydrogen (secondary N) is 1. The Morgan fingerprint density at radius 3 is 2.53 bits per heavy atom. The van der Waals surface area contributed by atoms with Gasteiger partial charge < -0.3 is 15.0 Å². The summed E-state index contributed by atoms with van der Waals surface area (Å²) in [7, 11) is 3.93. The van der Waals surface area contributed by atoms with E-state index in [1.165, 1.54) is 26.2 Å². The van der Waals surface area contributed by atoms with Crippen LogP contribution in [0.1, 0.15) is 6.92 Å². The Kier molecular flexibility index (Phi) is 6.17. The molecule has 1 unspecified atom stereocenters. The lowest BCUT2D eigenvalue weighted by Gasteiger charge is -2.36. The third-order valence-electron chi connectivity index (χ3n) is 3.08. The van der Waals surface area contributed by atoms with Crippen LogP contribution in [0.25, 0.3) is 0 Å². The van der Waals surface area contributed by atoms with E-state index in [0.29, 0.717) is 6.04 Å². The second-order valence-electron chi connectivity index (χ2n) is 4.39. The van der Waals surface area contributed by atoms with Crippen LogP contribution in [-0.2, 0) is 4.74 Å². The molecule has 1 saturated heterocycles. The molecule has 4 heteroatoms. The highest BCUT2D eigenvalue weighted by Crippen LogP contribution is 2.03. The van der Waals surface area contributed by atoms with Crippen LogP contribution < -0.4 is 5.32 Å². The highest BCUT2D eigenvalue weighted by molar-refractivity contribution is 4.75. The number of rotatable bonds is 6. The molecule has 1 aliphatic rings. The molecule has 0 aromatic carbocycles. The van der Waals surface area contributed by atoms with Crippen molar-refractivity contribution < 1.29 is 4.74 Å². The second kappa shape index (κ2) is 7.17. The van der Waals surface area contributed by atoms with Gasteiger partial charge in [-0.1, -0.05) is 0 Å². The maximum absolute atomic E-state index is 5.00. The van der Waals surface area contributed by atoms with Gasteiger partial charge >= 0.3 is 0 Å². The van der Waals surface area contributed by atoms with Crippen LogP contribution in [0.2, 0.25) is 0 Å². The SMILES string of the molecule is COCCNCC(C)N1CCN(C)CC1. The van der Waals surface area contributed by atoms with Crippen LogP contribution in [0.3, 0.4) is 0 Å². The summed E-state index contributed by atoms with van der Waals surface area (Å²) in [5, 5.41) is 3.41. The van der Waals surface area contributed by atoms with E-state index < -0.39 is 0 Å². The molecule has 0 radical (unpaired) electrons. The zero-order chi connectivity index (χ0) is 11.1. The maximum atomic E-state index is 5.00. The average molecular weight is 215 g/mol. The van der Waals surface area contributed by atoms with Crippen molar-refractivity contribution in [2.75, 3.05) is 60.0 Å². The number of likely N-dealkylation sites (N-methyl/N-ethyl adjacent to an activating group) is 1. The van der Waals surface area contributed by atoms with Gasteiger partial charge in [-0.2, -0.15) is 0 Å². The topological polar surface area (TPSA) is 27.7 Å². The Balaban J connectivity index is 2.08. The van der Waals surface area contributed by atoms with E-state index in [0.717, 1.165) is 19.7 Å². The van der Waals surface area contributed by atoms with Crippen LogP contribution in [0.15, 0.2) is 0 Å². The van der Waals surface area contributed by atoms with Crippen molar-refractivity contribution in [3.8, 4) is 0 Å². The van der Waals surface area contributed by atoms with E-state index in [-0.39, 0.29) is 0 Å². The zero-order valence-corrected chi connectivity index (χ0v) is 10.3. The standard InChI is InChI=1S/C11H25N3O/c1-11(10-12-4-9-15-3)14-7-5-13(2)6-8-14/h11-12H,4-10H2,1-3H3. The number of hydrogen-bond donors (Lipinski definition) is 1. The molecule has 0 bridgehead atoms. The zero-order valence-electron chi connectivity index (χ0n) is 10.3. The lowest BCUT2D eigenvalue weighted by molar-refractivity contribution is 0.116. The number of ether oxygens (including phenoxy) is 1. The van der Waals surface area contributed by atoms with Gasteiger partial charge in [-0.15, -0.1) is 0 Å². The fourth-order valence-corrected chi connectivity index (χ4v) is 1.88. The smallest absolute Gasteiger partial charge is 0.0587 e. The number of methoxy groups -OCH3 is 1. The molecule has 4 nitrogen and oxygen atoms in total. The Labute approximate surface area is 93.6 Å². The van der Waals surface area contributed by atoms with Crippen molar-refractivity contribution in [1.82, 2.24) is 15.1 Å². The molecule has 0 spiro atoms. The molecule has 1 rings (SSSR count). The predicted octanol–water partition coefficient (Wildman–Crippen LogP) is -0.142. The third-order valence-corrected chi connectivity index (χ3v) is 3.08. The summed E-state index contributed by atoms with van der Waals surface area (Å²) >= 11 is 0. The third kappa shape index (κ3) is 4.93. The van der Waals surface area contributed by atoms with Gasteiger partial charge in [-0.25, -0.2) is 0 Å². The number of piperazine rings is 1. The monoisotopic (exact) mass is 215 g/mol. The molecule has 0 aliphatic carbocycles. The van der Waals surface area contributed by atoms with Gasteiger partial charge in [-0.05, 0) is 14.0 Å². The van der Waals surface area contributed by atoms with Gasteiger partial charge in [0.2, 0.25) is 0 Å². The van der Waals surface area contributed by atoms with E-state index >= 15 is 0 Å². The Morgan fingerprint density at radius 1 is 1.27 bits per heavy atom. The van der Waals surface area contributed by atoms with E-state index in [1.54, 1.807) is 7.11 Å². The van der Waals surface area contributed by atoms with Gasteiger partial charge in [0.05, 0.1) is 6.61 Å². The summed E-state index contributed by atoms with van der Waals surface area (Å²) in [6, 6.07) is 0.635. The first-order valence-corrected chi connectivity index (χ1v) is 5.86. The van der Waals surface area contributed by atoms with Crippen molar-refractivity contribution in [3.63, 3.8) is 0 Å². The van der Waals surface area contributed by atoms with Crippen molar-refractivity contribution >= 4 is 0 Å². The van der Waals surface area contributed by atoms with E-state index in [4.69, 9.17) is 4.74 Å². The lowest BCUT2D eigenvalue weighted by Crippen LogP contribution is -2.50. The minimum absolute atomic E-state index is 0.635. The van der Waals surface area contributed by atoms with Gasteiger partial charge in [0.15, 0.2) is 0 Å². The van der Waals surface area contributed by atoms with Gasteiger partial charge in [0.1, 0.15) is 0 Å². The fraction of sp³-hybridized carbons (Fsp3) is 1.00. The summed E-state index contributed by atoms with van der Waals surface area (Å²) < 4.78 is 5.00. The Hall–Kier alpha value is -0.160. The second-order valence-corrected chi connectivity index (χ2v) is 4.39. The van der Waals surface area contributed by atoms with Crippen LogP contribution in [0, 0.1) is 0 Å². The molecule has 0 saturated carbocycles. The first kappa shape index (κ1) is 12.9. The van der Waals surface area contributed by atoms with E-state index in [2.05, 4.69) is 29.1 Å². The molecule has 1 fully saturated rings. The molecule has 1 aliphatic heterocycles. The Morgan fingerprint density at radius 2 is 1.93 bits per heavy atom. The summed E-state index contributed by atoms with van der Waals surface area (Å²) in [6.07, 6.45) is 0. The van der Waals surface area contributed by atoms with Crippen molar-refractivity contribution in [2.24, 2.45) is 0 Å². The molecule has 1 atom stereocenters. The minimum Gasteiger partial charge on any atom is -0.383 e. The van der Waals surface area contributed by atoms with E-state index in [1.807, 2.05) is 0 Å². The highest BCUT2D eigenvalue weighted by atomic mass is 16.5. The van der Waals surface area contributed by atoms with Crippen molar-refractivity contribution in [2.45, 2.75) is 13.0 Å². The molecule has 1 heterocycles. The van der Waals surface area contributed by atoms with E-state index in [9.17, 15) is 0 Å². The fourth-order valence-electron chi connectivity index (χ4n) is 1.88. The average Bonchev–Trinajstić information content (AvgIpc) is 2.25. The maximum Gasteiger partial charge on any atom is 0.0587 e. The lowest BCUT2D eigenvalue weighted by atomic mass is 10.2.